The average Bonchev–Trinajstić information content (AvgIpc) is 3.22. The van der Waals surface area contributed by atoms with E-state index in [1.165, 1.54) is 6.20 Å². The Hall–Kier alpha value is -2.35. The van der Waals surface area contributed by atoms with Gasteiger partial charge in [-0.25, -0.2) is 9.37 Å². The van der Waals surface area contributed by atoms with Crippen molar-refractivity contribution in [1.29, 1.82) is 0 Å². The van der Waals surface area contributed by atoms with Crippen LogP contribution in [0.2, 0.25) is 0 Å². The minimum absolute atomic E-state index is 0.0393. The van der Waals surface area contributed by atoms with Crippen LogP contribution in [0.4, 0.5) is 4.39 Å². The second-order valence-corrected chi connectivity index (χ2v) is 7.98. The van der Waals surface area contributed by atoms with Crippen molar-refractivity contribution >= 4 is 5.91 Å². The van der Waals surface area contributed by atoms with E-state index in [1.54, 1.807) is 6.07 Å². The van der Waals surface area contributed by atoms with E-state index in [0.717, 1.165) is 45.2 Å². The van der Waals surface area contributed by atoms with Crippen molar-refractivity contribution in [2.75, 3.05) is 26.3 Å². The first-order valence-electron chi connectivity index (χ1n) is 10.0. The van der Waals surface area contributed by atoms with Gasteiger partial charge in [-0.2, -0.15) is 4.98 Å². The summed E-state index contributed by atoms with van der Waals surface area (Å²) < 4.78 is 25.0. The Kier molecular flexibility index (Phi) is 4.58. The fourth-order valence-electron chi connectivity index (χ4n) is 4.12. The average molecular weight is 386 g/mol. The van der Waals surface area contributed by atoms with Crippen LogP contribution in [0.15, 0.2) is 16.8 Å². The summed E-state index contributed by atoms with van der Waals surface area (Å²) in [6, 6.07) is 1.70. The molecule has 2 aromatic rings. The molecule has 5 rings (SSSR count). The number of rotatable bonds is 4. The highest BCUT2D eigenvalue weighted by Crippen LogP contribution is 2.34. The minimum Gasteiger partial charge on any atom is -0.381 e. The number of hydrogen-bond acceptors (Lipinski definition) is 6. The number of pyridine rings is 1. The molecular formula is C20H23FN4O3. The maximum Gasteiger partial charge on any atom is 0.276 e. The van der Waals surface area contributed by atoms with Crippen molar-refractivity contribution in [3.05, 3.63) is 29.5 Å². The number of carbonyl (C=O) groups is 1. The molecule has 0 spiro atoms. The standard InChI is InChI=1S/C20H23FN4O3/c21-16-10-22-17(9-15(16)14-5-8-27-11-14)19-23-18(24-28-19)12-3-6-25(7-4-12)20(26)13-1-2-13/h9-10,12-14H,1-8,11H2. The van der Waals surface area contributed by atoms with Crippen molar-refractivity contribution in [3.63, 3.8) is 0 Å². The molecule has 1 atom stereocenters. The number of halogens is 1. The van der Waals surface area contributed by atoms with Gasteiger partial charge in [-0.3, -0.25) is 4.79 Å². The molecule has 2 aromatic heterocycles. The molecule has 0 bridgehead atoms. The van der Waals surface area contributed by atoms with E-state index in [2.05, 4.69) is 15.1 Å². The van der Waals surface area contributed by atoms with Gasteiger partial charge in [0.05, 0.1) is 12.8 Å². The second kappa shape index (κ2) is 7.24. The molecule has 4 heterocycles. The monoisotopic (exact) mass is 386 g/mol. The molecule has 1 amide bonds. The van der Waals surface area contributed by atoms with Crippen LogP contribution in [0.5, 0.6) is 0 Å². The predicted octanol–water partition coefficient (Wildman–Crippen LogP) is 2.89. The zero-order chi connectivity index (χ0) is 19.1. The van der Waals surface area contributed by atoms with Gasteiger partial charge in [-0.1, -0.05) is 5.16 Å². The van der Waals surface area contributed by atoms with Gasteiger partial charge in [-0.15, -0.1) is 0 Å². The van der Waals surface area contributed by atoms with Gasteiger partial charge >= 0.3 is 0 Å². The van der Waals surface area contributed by atoms with Gasteiger partial charge in [0.2, 0.25) is 5.91 Å². The second-order valence-electron chi connectivity index (χ2n) is 7.98. The van der Waals surface area contributed by atoms with Crippen molar-refractivity contribution in [1.82, 2.24) is 20.0 Å². The number of hydrogen-bond donors (Lipinski definition) is 0. The highest BCUT2D eigenvalue weighted by atomic mass is 19.1. The predicted molar refractivity (Wildman–Crippen MR) is 96.9 cm³/mol. The van der Waals surface area contributed by atoms with Crippen LogP contribution in [-0.4, -0.2) is 52.2 Å². The lowest BCUT2D eigenvalue weighted by Gasteiger charge is -2.30. The Morgan fingerprint density at radius 2 is 1.96 bits per heavy atom. The van der Waals surface area contributed by atoms with Gasteiger partial charge in [0.15, 0.2) is 5.82 Å². The van der Waals surface area contributed by atoms with Crippen LogP contribution in [0, 0.1) is 11.7 Å². The smallest absolute Gasteiger partial charge is 0.276 e. The first-order chi connectivity index (χ1) is 13.7. The topological polar surface area (TPSA) is 81.4 Å². The Morgan fingerprint density at radius 1 is 1.14 bits per heavy atom. The number of piperidine rings is 1. The highest BCUT2D eigenvalue weighted by molar-refractivity contribution is 5.81. The molecule has 148 valence electrons. The van der Waals surface area contributed by atoms with E-state index < -0.39 is 0 Å². The number of likely N-dealkylation sites (tertiary alicyclic amines) is 1. The van der Waals surface area contributed by atoms with E-state index in [0.29, 0.717) is 42.1 Å². The van der Waals surface area contributed by atoms with Crippen molar-refractivity contribution < 1.29 is 18.4 Å². The maximum atomic E-state index is 14.2. The Morgan fingerprint density at radius 3 is 2.68 bits per heavy atom. The molecule has 2 aliphatic heterocycles. The number of amides is 1. The molecule has 3 aliphatic rings. The lowest BCUT2D eigenvalue weighted by molar-refractivity contribution is -0.133. The molecule has 3 fully saturated rings. The van der Waals surface area contributed by atoms with E-state index in [-0.39, 0.29) is 23.6 Å². The number of aromatic nitrogens is 3. The third kappa shape index (κ3) is 3.41. The van der Waals surface area contributed by atoms with Crippen molar-refractivity contribution in [2.24, 2.45) is 5.92 Å². The molecule has 0 N–H and O–H groups in total. The van der Waals surface area contributed by atoms with E-state index in [4.69, 9.17) is 9.26 Å². The number of ether oxygens (including phenoxy) is 1. The van der Waals surface area contributed by atoms with Crippen LogP contribution in [0.3, 0.4) is 0 Å². The first-order valence-corrected chi connectivity index (χ1v) is 10.0. The fraction of sp³-hybridized carbons (Fsp3) is 0.600. The molecule has 0 aromatic carbocycles. The molecule has 7 nitrogen and oxygen atoms in total. The minimum atomic E-state index is -0.327. The largest absolute Gasteiger partial charge is 0.381 e. The van der Waals surface area contributed by atoms with E-state index in [9.17, 15) is 9.18 Å². The summed E-state index contributed by atoms with van der Waals surface area (Å²) in [5, 5.41) is 4.14. The summed E-state index contributed by atoms with van der Waals surface area (Å²) >= 11 is 0. The SMILES string of the molecule is O=C(C1CC1)N1CCC(c2noc(-c3cc(C4CCOC4)c(F)cn3)n2)CC1. The molecular weight excluding hydrogens is 363 g/mol. The number of carbonyl (C=O) groups excluding carboxylic acids is 1. The van der Waals surface area contributed by atoms with Crippen LogP contribution >= 0.6 is 0 Å². The summed E-state index contributed by atoms with van der Waals surface area (Å²) in [7, 11) is 0. The molecule has 1 unspecified atom stereocenters. The molecule has 8 heteroatoms. The van der Waals surface area contributed by atoms with E-state index >= 15 is 0 Å². The van der Waals surface area contributed by atoms with Crippen molar-refractivity contribution in [3.8, 4) is 11.6 Å². The first kappa shape index (κ1) is 17.7. The van der Waals surface area contributed by atoms with Gasteiger partial charge in [0.25, 0.3) is 5.89 Å². The van der Waals surface area contributed by atoms with Gasteiger partial charge in [0, 0.05) is 37.5 Å². The van der Waals surface area contributed by atoms with Gasteiger partial charge in [-0.05, 0) is 43.7 Å². The fourth-order valence-corrected chi connectivity index (χ4v) is 4.12. The molecule has 28 heavy (non-hydrogen) atoms. The summed E-state index contributed by atoms with van der Waals surface area (Å²) in [5.41, 5.74) is 1.08. The zero-order valence-electron chi connectivity index (χ0n) is 15.6. The van der Waals surface area contributed by atoms with Crippen molar-refractivity contribution in [2.45, 2.75) is 43.9 Å². The summed E-state index contributed by atoms with van der Waals surface area (Å²) in [4.78, 5) is 22.8. The van der Waals surface area contributed by atoms with E-state index in [1.807, 2.05) is 4.90 Å². The maximum absolute atomic E-state index is 14.2. The lowest BCUT2D eigenvalue weighted by Crippen LogP contribution is -2.38. The van der Waals surface area contributed by atoms with Crippen LogP contribution in [-0.2, 0) is 9.53 Å². The van der Waals surface area contributed by atoms with Crippen LogP contribution in [0.1, 0.15) is 55.3 Å². The molecule has 0 radical (unpaired) electrons. The molecule has 1 aliphatic carbocycles. The normalized spacial score (nSPS) is 23.3. The number of nitrogens with zero attached hydrogens (tertiary/aromatic N) is 4. The van der Waals surface area contributed by atoms with Crippen LogP contribution < -0.4 is 0 Å². The van der Waals surface area contributed by atoms with Crippen LogP contribution in [0.25, 0.3) is 11.6 Å². The lowest BCUT2D eigenvalue weighted by atomic mass is 9.96. The summed E-state index contributed by atoms with van der Waals surface area (Å²) in [5.74, 6) is 1.40. The zero-order valence-corrected chi connectivity index (χ0v) is 15.6. The Balaban J connectivity index is 1.29. The Labute approximate surface area is 162 Å². The van der Waals surface area contributed by atoms with Gasteiger partial charge in [0.1, 0.15) is 11.5 Å². The summed E-state index contributed by atoms with van der Waals surface area (Å²) in [6.45, 7) is 2.65. The highest BCUT2D eigenvalue weighted by Gasteiger charge is 2.36. The third-order valence-corrected chi connectivity index (χ3v) is 6.01. The van der Waals surface area contributed by atoms with Gasteiger partial charge < -0.3 is 14.2 Å². The third-order valence-electron chi connectivity index (χ3n) is 6.01. The molecule has 2 saturated heterocycles. The molecule has 1 saturated carbocycles. The summed E-state index contributed by atoms with van der Waals surface area (Å²) in [6.07, 6.45) is 5.75. The Bertz CT molecular complexity index is 868. The quantitative estimate of drug-likeness (QED) is 0.804.